The van der Waals surface area contributed by atoms with Crippen LogP contribution in [0, 0.1) is 6.92 Å². The van der Waals surface area contributed by atoms with Crippen LogP contribution < -0.4 is 0 Å². The standard InChI is InChI=1S/C22H26N2O/c1-15-5-6-16-14-22(25,24-12-11-23-20(24)19(16)13-15)18-9-7-17(8-10-18)21(2,3)4/h5-10,13,25H,11-12,14H2,1-4H3. The Labute approximate surface area is 150 Å². The highest BCUT2D eigenvalue weighted by Crippen LogP contribution is 2.39. The van der Waals surface area contributed by atoms with Gasteiger partial charge < -0.3 is 10.0 Å². The first-order valence-electron chi connectivity index (χ1n) is 9.04. The lowest BCUT2D eigenvalue weighted by atomic mass is 9.82. The molecule has 130 valence electrons. The van der Waals surface area contributed by atoms with Crippen molar-refractivity contribution in [2.24, 2.45) is 4.99 Å². The van der Waals surface area contributed by atoms with Gasteiger partial charge in [-0.15, -0.1) is 0 Å². The van der Waals surface area contributed by atoms with Crippen LogP contribution in [-0.2, 0) is 17.6 Å². The second-order valence-electron chi connectivity index (χ2n) is 8.34. The molecule has 0 aliphatic carbocycles. The minimum absolute atomic E-state index is 0.109. The maximum atomic E-state index is 11.7. The minimum Gasteiger partial charge on any atom is -0.366 e. The number of aliphatic hydroxyl groups is 1. The van der Waals surface area contributed by atoms with Crippen molar-refractivity contribution in [3.05, 3.63) is 70.3 Å². The van der Waals surface area contributed by atoms with Crippen LogP contribution in [0.2, 0.25) is 0 Å². The van der Waals surface area contributed by atoms with Gasteiger partial charge >= 0.3 is 0 Å². The lowest BCUT2D eigenvalue weighted by Gasteiger charge is -2.44. The van der Waals surface area contributed by atoms with Gasteiger partial charge in [-0.25, -0.2) is 0 Å². The maximum absolute atomic E-state index is 11.7. The molecule has 0 saturated heterocycles. The first-order valence-corrected chi connectivity index (χ1v) is 9.04. The van der Waals surface area contributed by atoms with Gasteiger partial charge in [-0.2, -0.15) is 0 Å². The first-order chi connectivity index (χ1) is 11.8. The monoisotopic (exact) mass is 334 g/mol. The zero-order chi connectivity index (χ0) is 17.8. The Morgan fingerprint density at radius 2 is 1.80 bits per heavy atom. The van der Waals surface area contributed by atoms with Gasteiger partial charge in [0.05, 0.1) is 6.54 Å². The van der Waals surface area contributed by atoms with Crippen molar-refractivity contribution in [3.63, 3.8) is 0 Å². The van der Waals surface area contributed by atoms with Gasteiger partial charge in [0.1, 0.15) is 5.84 Å². The third-order valence-electron chi connectivity index (χ3n) is 5.44. The molecule has 0 bridgehead atoms. The molecule has 25 heavy (non-hydrogen) atoms. The molecule has 2 aromatic rings. The lowest BCUT2D eigenvalue weighted by Crippen LogP contribution is -2.53. The van der Waals surface area contributed by atoms with Crippen LogP contribution in [0.15, 0.2) is 47.5 Å². The summed E-state index contributed by atoms with van der Waals surface area (Å²) in [6.07, 6.45) is 0.594. The van der Waals surface area contributed by atoms with Gasteiger partial charge in [0.25, 0.3) is 0 Å². The molecule has 0 radical (unpaired) electrons. The van der Waals surface area contributed by atoms with Crippen LogP contribution in [0.1, 0.15) is 48.6 Å². The highest BCUT2D eigenvalue weighted by Gasteiger charge is 2.45. The molecule has 0 saturated carbocycles. The van der Waals surface area contributed by atoms with Crippen LogP contribution in [0.25, 0.3) is 0 Å². The van der Waals surface area contributed by atoms with Crippen molar-refractivity contribution < 1.29 is 5.11 Å². The number of hydrogen-bond donors (Lipinski definition) is 1. The van der Waals surface area contributed by atoms with Crippen LogP contribution in [0.3, 0.4) is 0 Å². The van der Waals surface area contributed by atoms with Gasteiger partial charge in [0.2, 0.25) is 0 Å². The van der Waals surface area contributed by atoms with E-state index in [4.69, 9.17) is 4.99 Å². The van der Waals surface area contributed by atoms with E-state index in [1.54, 1.807) is 0 Å². The number of rotatable bonds is 1. The van der Waals surface area contributed by atoms with Crippen molar-refractivity contribution in [2.45, 2.75) is 45.3 Å². The summed E-state index contributed by atoms with van der Waals surface area (Å²) < 4.78 is 0. The average Bonchev–Trinajstić information content (AvgIpc) is 3.06. The molecule has 2 heterocycles. The van der Waals surface area contributed by atoms with Crippen LogP contribution >= 0.6 is 0 Å². The number of hydrogen-bond acceptors (Lipinski definition) is 3. The van der Waals surface area contributed by atoms with E-state index < -0.39 is 5.72 Å². The van der Waals surface area contributed by atoms with Gasteiger partial charge in [0.15, 0.2) is 5.72 Å². The molecule has 2 aromatic carbocycles. The summed E-state index contributed by atoms with van der Waals surface area (Å²) in [5.41, 5.74) is 4.89. The van der Waals surface area contributed by atoms with Crippen LogP contribution in [0.5, 0.6) is 0 Å². The molecule has 1 N–H and O–H groups in total. The highest BCUT2D eigenvalue weighted by atomic mass is 16.3. The van der Waals surface area contributed by atoms with Crippen LogP contribution in [0.4, 0.5) is 0 Å². The highest BCUT2D eigenvalue weighted by molar-refractivity contribution is 6.02. The average molecular weight is 334 g/mol. The van der Waals surface area contributed by atoms with E-state index in [1.165, 1.54) is 22.3 Å². The molecule has 2 aliphatic rings. The van der Waals surface area contributed by atoms with Gasteiger partial charge in [-0.1, -0.05) is 62.7 Å². The molecule has 0 aromatic heterocycles. The summed E-state index contributed by atoms with van der Waals surface area (Å²) in [6, 6.07) is 14.9. The number of aliphatic imine (C=N–C) groups is 1. The molecule has 0 spiro atoms. The molecule has 1 atom stereocenters. The largest absolute Gasteiger partial charge is 0.366 e. The SMILES string of the molecule is Cc1ccc2c(c1)C1=NCCN1C(O)(c1ccc(C(C)(C)C)cc1)C2. The molecule has 2 aliphatic heterocycles. The molecule has 0 fully saturated rings. The van der Waals surface area contributed by atoms with E-state index in [0.29, 0.717) is 6.42 Å². The summed E-state index contributed by atoms with van der Waals surface area (Å²) in [5.74, 6) is 0.937. The van der Waals surface area contributed by atoms with Gasteiger partial charge in [-0.3, -0.25) is 4.99 Å². The number of aryl methyl sites for hydroxylation is 1. The Bertz CT molecular complexity index is 845. The Hall–Kier alpha value is -2.13. The normalized spacial score (nSPS) is 22.4. The van der Waals surface area contributed by atoms with E-state index in [0.717, 1.165) is 24.5 Å². The second kappa shape index (κ2) is 5.43. The summed E-state index contributed by atoms with van der Waals surface area (Å²) in [6.45, 7) is 10.2. The third-order valence-corrected chi connectivity index (χ3v) is 5.44. The summed E-state index contributed by atoms with van der Waals surface area (Å²) in [5, 5.41) is 11.7. The van der Waals surface area contributed by atoms with Gasteiger partial charge in [0, 0.05) is 24.1 Å². The fourth-order valence-corrected chi connectivity index (χ4v) is 3.95. The second-order valence-corrected chi connectivity index (χ2v) is 8.34. The predicted molar refractivity (Wildman–Crippen MR) is 102 cm³/mol. The zero-order valence-electron chi connectivity index (χ0n) is 15.5. The van der Waals surface area contributed by atoms with Crippen molar-refractivity contribution in [1.82, 2.24) is 4.90 Å². The van der Waals surface area contributed by atoms with E-state index in [9.17, 15) is 5.11 Å². The summed E-state index contributed by atoms with van der Waals surface area (Å²) in [7, 11) is 0. The minimum atomic E-state index is -1.02. The number of benzene rings is 2. The van der Waals surface area contributed by atoms with Crippen LogP contribution in [-0.4, -0.2) is 28.9 Å². The molecule has 4 rings (SSSR count). The molecule has 3 nitrogen and oxygen atoms in total. The quantitative estimate of drug-likeness (QED) is 0.862. The Kier molecular flexibility index (Phi) is 3.55. The molecule has 3 heteroatoms. The van der Waals surface area contributed by atoms with Crippen molar-refractivity contribution >= 4 is 5.84 Å². The summed E-state index contributed by atoms with van der Waals surface area (Å²) in [4.78, 5) is 6.78. The van der Waals surface area contributed by atoms with E-state index in [2.05, 4.69) is 75.1 Å². The zero-order valence-corrected chi connectivity index (χ0v) is 15.5. The van der Waals surface area contributed by atoms with E-state index >= 15 is 0 Å². The molecular formula is C22H26N2O. The van der Waals surface area contributed by atoms with Gasteiger partial charge in [-0.05, 0) is 29.5 Å². The fraction of sp³-hybridized carbons (Fsp3) is 0.409. The number of nitrogens with zero attached hydrogens (tertiary/aromatic N) is 2. The Morgan fingerprint density at radius 1 is 1.08 bits per heavy atom. The fourth-order valence-electron chi connectivity index (χ4n) is 3.95. The maximum Gasteiger partial charge on any atom is 0.169 e. The molecular weight excluding hydrogens is 308 g/mol. The Morgan fingerprint density at radius 3 is 2.48 bits per heavy atom. The topological polar surface area (TPSA) is 35.8 Å². The summed E-state index contributed by atoms with van der Waals surface area (Å²) >= 11 is 0. The molecule has 1 unspecified atom stereocenters. The smallest absolute Gasteiger partial charge is 0.169 e. The number of amidine groups is 1. The lowest BCUT2D eigenvalue weighted by molar-refractivity contribution is -0.0745. The Balaban J connectivity index is 1.79. The third kappa shape index (κ3) is 2.58. The van der Waals surface area contributed by atoms with E-state index in [-0.39, 0.29) is 5.41 Å². The molecule has 0 amide bonds. The van der Waals surface area contributed by atoms with Crippen molar-refractivity contribution in [1.29, 1.82) is 0 Å². The van der Waals surface area contributed by atoms with Crippen molar-refractivity contribution in [3.8, 4) is 0 Å². The predicted octanol–water partition coefficient (Wildman–Crippen LogP) is 3.76. The van der Waals surface area contributed by atoms with Crippen molar-refractivity contribution in [2.75, 3.05) is 13.1 Å². The number of fused-ring (bicyclic) bond motifs is 3. The first kappa shape index (κ1) is 16.3. The van der Waals surface area contributed by atoms with E-state index in [1.807, 2.05) is 0 Å².